The zero-order chi connectivity index (χ0) is 19.7. The lowest BCUT2D eigenvalue weighted by molar-refractivity contribution is -0.151. The first-order chi connectivity index (χ1) is 12.8. The zero-order valence-corrected chi connectivity index (χ0v) is 16.3. The van der Waals surface area contributed by atoms with Crippen molar-refractivity contribution in [2.24, 2.45) is 0 Å². The van der Waals surface area contributed by atoms with Crippen LogP contribution in [-0.4, -0.2) is 57.0 Å². The third-order valence-corrected chi connectivity index (χ3v) is 6.62. The molecule has 1 saturated heterocycles. The van der Waals surface area contributed by atoms with E-state index in [9.17, 15) is 24.3 Å². The molecule has 3 atom stereocenters. The molecule has 10 heteroatoms. The van der Waals surface area contributed by atoms with Gasteiger partial charge < -0.3 is 15.2 Å². The smallest absolute Gasteiger partial charge is 0.352 e. The molecular formula is C17H18N2O6S2. The molecule has 8 nitrogen and oxygen atoms in total. The Balaban J connectivity index is 1.75. The lowest BCUT2D eigenvalue weighted by Crippen LogP contribution is -2.71. The minimum absolute atomic E-state index is 0.166. The number of nitrogens with zero attached hydrogens (tertiary/aromatic N) is 1. The van der Waals surface area contributed by atoms with Crippen LogP contribution in [0.2, 0.25) is 0 Å². The van der Waals surface area contributed by atoms with Gasteiger partial charge in [-0.2, -0.15) is 0 Å². The summed E-state index contributed by atoms with van der Waals surface area (Å²) in [6.07, 6.45) is 0.174. The van der Waals surface area contributed by atoms with Gasteiger partial charge in [0.2, 0.25) is 5.91 Å². The quantitative estimate of drug-likeness (QED) is 0.531. The van der Waals surface area contributed by atoms with E-state index in [0.29, 0.717) is 5.57 Å². The minimum atomic E-state index is -1.26. The molecule has 0 radical (unpaired) electrons. The van der Waals surface area contributed by atoms with Crippen LogP contribution in [0, 0.1) is 0 Å². The maximum atomic E-state index is 12.5. The predicted molar refractivity (Wildman–Crippen MR) is 98.9 cm³/mol. The Morgan fingerprint density at radius 3 is 2.70 bits per heavy atom. The Bertz CT molecular complexity index is 819. The molecule has 144 valence electrons. The summed E-state index contributed by atoms with van der Waals surface area (Å²) in [5, 5.41) is 13.4. The van der Waals surface area contributed by atoms with Crippen molar-refractivity contribution in [2.45, 2.75) is 36.9 Å². The highest BCUT2D eigenvalue weighted by atomic mass is 32.2. The summed E-state index contributed by atoms with van der Waals surface area (Å²) in [4.78, 5) is 49.6. The number of thioether (sulfide) groups is 1. The lowest BCUT2D eigenvalue weighted by Gasteiger charge is -2.51. The number of hydrogen-bond acceptors (Lipinski definition) is 7. The monoisotopic (exact) mass is 410 g/mol. The fraction of sp³-hybridized carbons (Fsp3) is 0.412. The lowest BCUT2D eigenvalue weighted by atomic mass is 10.0. The molecule has 1 aromatic rings. The molecule has 2 aliphatic rings. The SMILES string of the molecule is CC(=O)OCC1=C(C(=O)O)N2C(=O)C(NC(=O)Cc3cccs3)[C@@H]2S[C@@H]1C. The van der Waals surface area contributed by atoms with Crippen molar-refractivity contribution in [3.63, 3.8) is 0 Å². The summed E-state index contributed by atoms with van der Waals surface area (Å²) in [5.41, 5.74) is 0.205. The molecule has 0 saturated carbocycles. The number of thiophene rings is 1. The van der Waals surface area contributed by atoms with Crippen LogP contribution in [0.25, 0.3) is 0 Å². The van der Waals surface area contributed by atoms with E-state index in [-0.39, 0.29) is 29.9 Å². The van der Waals surface area contributed by atoms with E-state index in [1.54, 1.807) is 6.92 Å². The number of aliphatic carboxylic acids is 1. The van der Waals surface area contributed by atoms with Crippen LogP contribution in [0.15, 0.2) is 28.8 Å². The molecule has 2 amide bonds. The maximum Gasteiger partial charge on any atom is 0.352 e. The van der Waals surface area contributed by atoms with Crippen molar-refractivity contribution < 1.29 is 29.0 Å². The number of ether oxygens (including phenoxy) is 1. The second-order valence-electron chi connectivity index (χ2n) is 6.14. The Labute approximate surface area is 163 Å². The zero-order valence-electron chi connectivity index (χ0n) is 14.6. The van der Waals surface area contributed by atoms with E-state index >= 15 is 0 Å². The standard InChI is InChI=1S/C17H18N2O6S2/c1-8-11(7-25-9(2)20)14(17(23)24)19-15(22)13(16(19)27-8)18-12(21)6-10-4-3-5-26-10/h3-5,8,13,16H,6-7H2,1-2H3,(H,18,21)(H,23,24)/t8-,13?,16+/m1/s1. The molecule has 0 spiro atoms. The van der Waals surface area contributed by atoms with E-state index < -0.39 is 29.3 Å². The Morgan fingerprint density at radius 2 is 2.11 bits per heavy atom. The third-order valence-electron chi connectivity index (χ3n) is 4.29. The number of esters is 1. The van der Waals surface area contributed by atoms with E-state index in [1.165, 1.54) is 34.9 Å². The van der Waals surface area contributed by atoms with Crippen LogP contribution < -0.4 is 5.32 Å². The molecule has 0 aliphatic carbocycles. The summed E-state index contributed by atoms with van der Waals surface area (Å²) < 4.78 is 4.95. The van der Waals surface area contributed by atoms with Gasteiger partial charge in [-0.3, -0.25) is 19.3 Å². The van der Waals surface area contributed by atoms with E-state index in [0.717, 1.165) is 4.88 Å². The average molecular weight is 410 g/mol. The van der Waals surface area contributed by atoms with Gasteiger partial charge in [0, 0.05) is 22.6 Å². The van der Waals surface area contributed by atoms with Gasteiger partial charge in [0.25, 0.3) is 5.91 Å². The summed E-state index contributed by atoms with van der Waals surface area (Å²) in [6.45, 7) is 2.84. The Kier molecular flexibility index (Phi) is 5.56. The number of fused-ring (bicyclic) bond motifs is 1. The van der Waals surface area contributed by atoms with Crippen LogP contribution in [0.3, 0.4) is 0 Å². The van der Waals surface area contributed by atoms with Crippen molar-refractivity contribution in [1.82, 2.24) is 10.2 Å². The van der Waals surface area contributed by atoms with Gasteiger partial charge in [-0.1, -0.05) is 6.07 Å². The summed E-state index contributed by atoms with van der Waals surface area (Å²) >= 11 is 2.81. The van der Waals surface area contributed by atoms with E-state index in [2.05, 4.69) is 5.32 Å². The molecule has 1 unspecified atom stereocenters. The number of carboxylic acids is 1. The van der Waals surface area contributed by atoms with Gasteiger partial charge in [0.15, 0.2) is 0 Å². The highest BCUT2D eigenvalue weighted by Crippen LogP contribution is 2.44. The van der Waals surface area contributed by atoms with E-state index in [4.69, 9.17) is 4.74 Å². The number of amides is 2. The number of carbonyl (C=O) groups excluding carboxylic acids is 3. The fourth-order valence-electron chi connectivity index (χ4n) is 3.01. The number of carboxylic acid groups (broad SMARTS) is 1. The number of β-lactam (4-membered cyclic amide) rings is 1. The molecule has 27 heavy (non-hydrogen) atoms. The molecule has 0 aromatic carbocycles. The fourth-order valence-corrected chi connectivity index (χ4v) is 5.15. The second kappa shape index (κ2) is 7.73. The van der Waals surface area contributed by atoms with Gasteiger partial charge in [-0.25, -0.2) is 4.79 Å². The van der Waals surface area contributed by atoms with Crippen molar-refractivity contribution in [2.75, 3.05) is 6.61 Å². The Morgan fingerprint density at radius 1 is 1.37 bits per heavy atom. The van der Waals surface area contributed by atoms with Crippen molar-refractivity contribution in [1.29, 1.82) is 0 Å². The predicted octanol–water partition coefficient (Wildman–Crippen LogP) is 0.981. The molecule has 3 heterocycles. The number of hydrogen-bond donors (Lipinski definition) is 2. The number of nitrogens with one attached hydrogen (secondary N) is 1. The molecule has 1 aromatic heterocycles. The molecule has 0 bridgehead atoms. The molecule has 1 fully saturated rings. The van der Waals surface area contributed by atoms with Crippen LogP contribution >= 0.6 is 23.1 Å². The van der Waals surface area contributed by atoms with Crippen molar-refractivity contribution in [3.8, 4) is 0 Å². The highest BCUT2D eigenvalue weighted by molar-refractivity contribution is 8.00. The van der Waals surface area contributed by atoms with Crippen LogP contribution in [0.5, 0.6) is 0 Å². The summed E-state index contributed by atoms with van der Waals surface area (Å²) in [7, 11) is 0. The molecular weight excluding hydrogens is 392 g/mol. The molecule has 3 rings (SSSR count). The first-order valence-electron chi connectivity index (χ1n) is 8.19. The number of rotatable bonds is 6. The van der Waals surface area contributed by atoms with Crippen LogP contribution in [0.1, 0.15) is 18.7 Å². The first-order valence-corrected chi connectivity index (χ1v) is 10.0. The van der Waals surface area contributed by atoms with Crippen LogP contribution in [0.4, 0.5) is 0 Å². The van der Waals surface area contributed by atoms with Gasteiger partial charge >= 0.3 is 11.9 Å². The average Bonchev–Trinajstić information content (AvgIpc) is 3.10. The largest absolute Gasteiger partial charge is 0.477 e. The van der Waals surface area contributed by atoms with Crippen molar-refractivity contribution >= 4 is 46.9 Å². The first kappa shape index (κ1) is 19.4. The third kappa shape index (κ3) is 3.86. The van der Waals surface area contributed by atoms with Crippen LogP contribution in [-0.2, 0) is 30.3 Å². The highest BCUT2D eigenvalue weighted by Gasteiger charge is 2.55. The van der Waals surface area contributed by atoms with Gasteiger partial charge in [0.05, 0.1) is 6.42 Å². The van der Waals surface area contributed by atoms with Crippen molar-refractivity contribution in [3.05, 3.63) is 33.7 Å². The van der Waals surface area contributed by atoms with Gasteiger partial charge in [0.1, 0.15) is 23.7 Å². The molecule has 2 N–H and O–H groups in total. The number of carbonyl (C=O) groups is 4. The second-order valence-corrected chi connectivity index (χ2v) is 8.63. The van der Waals surface area contributed by atoms with Gasteiger partial charge in [-0.05, 0) is 18.4 Å². The minimum Gasteiger partial charge on any atom is -0.477 e. The molecule has 2 aliphatic heterocycles. The maximum absolute atomic E-state index is 12.5. The van der Waals surface area contributed by atoms with E-state index in [1.807, 2.05) is 17.5 Å². The van der Waals surface area contributed by atoms with Gasteiger partial charge in [-0.15, -0.1) is 23.1 Å². The Hall–Kier alpha value is -2.33. The summed E-state index contributed by atoms with van der Waals surface area (Å²) in [5.74, 6) is -2.54. The topological polar surface area (TPSA) is 113 Å². The summed E-state index contributed by atoms with van der Waals surface area (Å²) in [6, 6.07) is 2.91. The normalized spacial score (nSPS) is 24.1.